The molecular weight excluding hydrogens is 408 g/mol. The van der Waals surface area contributed by atoms with Crippen LogP contribution in [0.4, 0.5) is 0 Å². The van der Waals surface area contributed by atoms with Gasteiger partial charge in [0.15, 0.2) is 5.60 Å². The zero-order chi connectivity index (χ0) is 21.9. The first-order chi connectivity index (χ1) is 14.1. The second kappa shape index (κ2) is 7.19. The second-order valence-corrected chi connectivity index (χ2v) is 11.1. The fraction of sp³-hybridized carbons (Fsp3) is 0.727. The molecule has 2 aliphatic carbocycles. The Morgan fingerprint density at radius 3 is 2.63 bits per heavy atom. The van der Waals surface area contributed by atoms with E-state index in [0.29, 0.717) is 32.1 Å². The number of aliphatic hydroxyl groups is 1. The van der Waals surface area contributed by atoms with Crippen LogP contribution in [0.2, 0.25) is 0 Å². The van der Waals surface area contributed by atoms with Crippen molar-refractivity contribution in [3.8, 4) is 0 Å². The molecule has 7 nitrogen and oxygen atoms in total. The van der Waals surface area contributed by atoms with Gasteiger partial charge in [0.1, 0.15) is 6.10 Å². The summed E-state index contributed by atoms with van der Waals surface area (Å²) in [7, 11) is -0.148. The molecule has 1 N–H and O–H groups in total. The van der Waals surface area contributed by atoms with E-state index < -0.39 is 44.6 Å². The van der Waals surface area contributed by atoms with Gasteiger partial charge in [-0.15, -0.1) is 0 Å². The molecule has 1 aliphatic heterocycles. The van der Waals surface area contributed by atoms with Gasteiger partial charge in [-0.25, -0.2) is 4.79 Å². The standard InChI is InChI=1S/C22H30O7S/c1-20-11-15(13-8-10-28-12-13)29-18(23)14(20)7-9-21(2)16(20)5-6-17(30(4)26)22(21,25)19(24)27-3/h8,10,12,14-17,25H,5-7,9,11H2,1-4H3. The van der Waals surface area contributed by atoms with Crippen LogP contribution < -0.4 is 0 Å². The average molecular weight is 439 g/mol. The molecule has 8 atom stereocenters. The fourth-order valence-corrected chi connectivity index (χ4v) is 8.14. The van der Waals surface area contributed by atoms with Gasteiger partial charge in [-0.1, -0.05) is 13.8 Å². The van der Waals surface area contributed by atoms with Crippen LogP contribution in [0.5, 0.6) is 0 Å². The van der Waals surface area contributed by atoms with Gasteiger partial charge >= 0.3 is 11.9 Å². The number of cyclic esters (lactones) is 1. The first-order valence-electron chi connectivity index (χ1n) is 10.4. The largest absolute Gasteiger partial charge is 0.472 e. The maximum atomic E-state index is 13.0. The lowest BCUT2D eigenvalue weighted by atomic mass is 9.42. The summed E-state index contributed by atoms with van der Waals surface area (Å²) in [6.45, 7) is 3.98. The van der Waals surface area contributed by atoms with Gasteiger partial charge < -0.3 is 19.0 Å². The minimum absolute atomic E-state index is 0.130. The van der Waals surface area contributed by atoms with Crippen LogP contribution in [0.3, 0.4) is 0 Å². The Morgan fingerprint density at radius 2 is 2.03 bits per heavy atom. The van der Waals surface area contributed by atoms with Crippen molar-refractivity contribution < 1.29 is 32.8 Å². The van der Waals surface area contributed by atoms with Crippen LogP contribution in [0.25, 0.3) is 0 Å². The molecule has 0 radical (unpaired) electrons. The quantitative estimate of drug-likeness (QED) is 0.724. The molecule has 8 heteroatoms. The summed E-state index contributed by atoms with van der Waals surface area (Å²) in [5.74, 6) is -1.40. The lowest BCUT2D eigenvalue weighted by Crippen LogP contribution is -2.71. The Morgan fingerprint density at radius 1 is 1.30 bits per heavy atom. The van der Waals surface area contributed by atoms with E-state index in [1.165, 1.54) is 13.4 Å². The first-order valence-corrected chi connectivity index (χ1v) is 12.1. The molecule has 8 unspecified atom stereocenters. The molecule has 2 saturated carbocycles. The molecule has 1 aromatic rings. The SMILES string of the molecule is COC(=O)C1(O)C(S(C)=O)CCC2C3(C)CC(c4ccoc4)OC(=O)C3CCC21C. The van der Waals surface area contributed by atoms with Crippen LogP contribution in [0.15, 0.2) is 23.0 Å². The zero-order valence-electron chi connectivity index (χ0n) is 17.9. The van der Waals surface area contributed by atoms with Crippen LogP contribution in [-0.4, -0.2) is 45.5 Å². The number of ether oxygens (including phenoxy) is 2. The fourth-order valence-electron chi connectivity index (χ4n) is 6.82. The predicted octanol–water partition coefficient (Wildman–Crippen LogP) is 2.75. The second-order valence-electron chi connectivity index (χ2n) is 9.58. The van der Waals surface area contributed by atoms with E-state index in [1.807, 2.05) is 6.92 Å². The maximum absolute atomic E-state index is 13.0. The van der Waals surface area contributed by atoms with Gasteiger partial charge in [-0.05, 0) is 49.5 Å². The minimum Gasteiger partial charge on any atom is -0.472 e. The summed E-state index contributed by atoms with van der Waals surface area (Å²) in [5.41, 5.74) is -2.41. The zero-order valence-corrected chi connectivity index (χ0v) is 18.7. The summed E-state index contributed by atoms with van der Waals surface area (Å²) in [4.78, 5) is 25.9. The molecule has 0 bridgehead atoms. The molecule has 3 fully saturated rings. The van der Waals surface area contributed by atoms with Crippen LogP contribution in [0, 0.1) is 22.7 Å². The number of esters is 2. The molecule has 4 rings (SSSR count). The third-order valence-corrected chi connectivity index (χ3v) is 9.73. The Kier molecular flexibility index (Phi) is 5.17. The Balaban J connectivity index is 1.79. The highest BCUT2D eigenvalue weighted by Gasteiger charge is 2.71. The molecular formula is C22H30O7S. The maximum Gasteiger partial charge on any atom is 0.339 e. The van der Waals surface area contributed by atoms with Crippen LogP contribution >= 0.6 is 0 Å². The van der Waals surface area contributed by atoms with Crippen molar-refractivity contribution >= 4 is 22.7 Å². The Bertz CT molecular complexity index is 867. The molecule has 30 heavy (non-hydrogen) atoms. The van der Waals surface area contributed by atoms with Gasteiger partial charge in [0, 0.05) is 28.0 Å². The van der Waals surface area contributed by atoms with Crippen molar-refractivity contribution in [2.45, 2.75) is 62.9 Å². The number of carbonyl (C=O) groups is 2. The summed E-state index contributed by atoms with van der Waals surface area (Å²) in [5, 5.41) is 11.1. The number of furan rings is 1. The number of rotatable bonds is 3. The molecule has 0 amide bonds. The summed E-state index contributed by atoms with van der Waals surface area (Å²) in [6.07, 6.45) is 6.91. The number of methoxy groups -OCH3 is 1. The molecule has 1 aromatic heterocycles. The van der Waals surface area contributed by atoms with E-state index >= 15 is 0 Å². The van der Waals surface area contributed by atoms with E-state index in [2.05, 4.69) is 6.92 Å². The Hall–Kier alpha value is -1.67. The molecule has 1 saturated heterocycles. The van der Waals surface area contributed by atoms with E-state index in [9.17, 15) is 18.9 Å². The van der Waals surface area contributed by atoms with E-state index in [-0.39, 0.29) is 17.8 Å². The van der Waals surface area contributed by atoms with Gasteiger partial charge in [-0.3, -0.25) is 9.00 Å². The molecule has 3 aliphatic rings. The van der Waals surface area contributed by atoms with Crippen molar-refractivity contribution in [3.05, 3.63) is 24.2 Å². The van der Waals surface area contributed by atoms with E-state index in [0.717, 1.165) is 5.56 Å². The van der Waals surface area contributed by atoms with Gasteiger partial charge in [0.05, 0.1) is 30.8 Å². The van der Waals surface area contributed by atoms with E-state index in [4.69, 9.17) is 13.9 Å². The number of hydrogen-bond acceptors (Lipinski definition) is 7. The third kappa shape index (κ3) is 2.75. The van der Waals surface area contributed by atoms with Gasteiger partial charge in [0.25, 0.3) is 0 Å². The van der Waals surface area contributed by atoms with E-state index in [1.54, 1.807) is 18.6 Å². The molecule has 2 heterocycles. The molecule has 0 spiro atoms. The lowest BCUT2D eigenvalue weighted by Gasteiger charge is -2.64. The Labute approximate surface area is 178 Å². The molecule has 0 aromatic carbocycles. The van der Waals surface area contributed by atoms with Crippen molar-refractivity contribution in [1.29, 1.82) is 0 Å². The number of carbonyl (C=O) groups excluding carboxylic acids is 2. The van der Waals surface area contributed by atoms with Crippen LogP contribution in [-0.2, 0) is 29.9 Å². The topological polar surface area (TPSA) is 103 Å². The number of hydrogen-bond donors (Lipinski definition) is 1. The lowest BCUT2D eigenvalue weighted by molar-refractivity contribution is -0.234. The van der Waals surface area contributed by atoms with Gasteiger partial charge in [-0.2, -0.15) is 0 Å². The smallest absolute Gasteiger partial charge is 0.339 e. The monoisotopic (exact) mass is 438 g/mol. The summed E-state index contributed by atoms with van der Waals surface area (Å²) in [6, 6.07) is 1.80. The normalized spacial score (nSPS) is 44.4. The predicted molar refractivity (Wildman–Crippen MR) is 109 cm³/mol. The number of fused-ring (bicyclic) bond motifs is 3. The molecule has 166 valence electrons. The van der Waals surface area contributed by atoms with Crippen molar-refractivity contribution in [2.75, 3.05) is 13.4 Å². The minimum atomic E-state index is -1.87. The highest BCUT2D eigenvalue weighted by Crippen LogP contribution is 2.67. The van der Waals surface area contributed by atoms with Crippen molar-refractivity contribution in [2.24, 2.45) is 22.7 Å². The summed E-state index contributed by atoms with van der Waals surface area (Å²) >= 11 is 0. The highest BCUT2D eigenvalue weighted by molar-refractivity contribution is 7.85. The van der Waals surface area contributed by atoms with Crippen molar-refractivity contribution in [3.63, 3.8) is 0 Å². The highest BCUT2D eigenvalue weighted by atomic mass is 32.2. The summed E-state index contributed by atoms with van der Waals surface area (Å²) < 4.78 is 28.5. The average Bonchev–Trinajstić information content (AvgIpc) is 3.22. The third-order valence-electron chi connectivity index (χ3n) is 8.35. The first kappa shape index (κ1) is 21.6. The van der Waals surface area contributed by atoms with Crippen LogP contribution in [0.1, 0.15) is 57.6 Å². The van der Waals surface area contributed by atoms with Gasteiger partial charge in [0.2, 0.25) is 0 Å². The van der Waals surface area contributed by atoms with Crippen molar-refractivity contribution in [1.82, 2.24) is 0 Å².